The average molecular weight is 255 g/mol. The number of rotatable bonds is 2. The van der Waals surface area contributed by atoms with Gasteiger partial charge in [-0.3, -0.25) is 9.55 Å². The van der Waals surface area contributed by atoms with Crippen molar-refractivity contribution in [2.24, 2.45) is 0 Å². The Balaban J connectivity index is 2.13. The maximum atomic E-state index is 12.9. The highest BCUT2D eigenvalue weighted by atomic mass is 19.1. The fourth-order valence-corrected chi connectivity index (χ4v) is 1.81. The molecule has 0 unspecified atom stereocenters. The molecule has 0 bridgehead atoms. The van der Waals surface area contributed by atoms with Gasteiger partial charge in [-0.15, -0.1) is 0 Å². The summed E-state index contributed by atoms with van der Waals surface area (Å²) in [7, 11) is 0. The van der Waals surface area contributed by atoms with E-state index in [2.05, 4.69) is 15.0 Å². The molecule has 94 valence electrons. The molecular formula is C13H10FN5. The molecule has 0 radical (unpaired) electrons. The first-order chi connectivity index (χ1) is 9.25. The molecule has 6 heteroatoms. The number of pyridine rings is 2. The summed E-state index contributed by atoms with van der Waals surface area (Å²) in [5, 5.41) is 0. The van der Waals surface area contributed by atoms with Crippen LogP contribution in [0, 0.1) is 5.82 Å². The number of anilines is 1. The number of halogens is 1. The summed E-state index contributed by atoms with van der Waals surface area (Å²) in [5.41, 5.74) is 8.03. The third kappa shape index (κ3) is 2.03. The summed E-state index contributed by atoms with van der Waals surface area (Å²) >= 11 is 0. The zero-order valence-corrected chi connectivity index (χ0v) is 9.86. The number of nitrogens with zero attached hydrogens (tertiary/aromatic N) is 4. The number of hydrogen-bond donors (Lipinski definition) is 1. The van der Waals surface area contributed by atoms with Gasteiger partial charge >= 0.3 is 0 Å². The Morgan fingerprint density at radius 1 is 1.05 bits per heavy atom. The molecule has 0 aliphatic rings. The molecule has 0 fully saturated rings. The highest BCUT2D eigenvalue weighted by Crippen LogP contribution is 2.25. The predicted molar refractivity (Wildman–Crippen MR) is 69.0 cm³/mol. The van der Waals surface area contributed by atoms with Crippen molar-refractivity contribution in [3.63, 3.8) is 0 Å². The lowest BCUT2D eigenvalue weighted by Crippen LogP contribution is -2.00. The van der Waals surface area contributed by atoms with Crippen molar-refractivity contribution in [3.8, 4) is 17.1 Å². The second-order valence-corrected chi connectivity index (χ2v) is 3.95. The number of nitrogen functional groups attached to an aromatic ring is 1. The van der Waals surface area contributed by atoms with Gasteiger partial charge in [0.1, 0.15) is 18.0 Å². The van der Waals surface area contributed by atoms with E-state index in [1.165, 1.54) is 6.07 Å². The zero-order chi connectivity index (χ0) is 13.2. The first-order valence-corrected chi connectivity index (χ1v) is 5.60. The van der Waals surface area contributed by atoms with E-state index in [-0.39, 0.29) is 5.82 Å². The van der Waals surface area contributed by atoms with Gasteiger partial charge < -0.3 is 5.73 Å². The average Bonchev–Trinajstić information content (AvgIpc) is 2.89. The molecule has 19 heavy (non-hydrogen) atoms. The maximum Gasteiger partial charge on any atom is 0.141 e. The van der Waals surface area contributed by atoms with E-state index >= 15 is 0 Å². The molecule has 0 atom stereocenters. The van der Waals surface area contributed by atoms with E-state index in [0.29, 0.717) is 11.5 Å². The second-order valence-electron chi connectivity index (χ2n) is 3.95. The molecule has 0 saturated heterocycles. The van der Waals surface area contributed by atoms with E-state index in [9.17, 15) is 4.39 Å². The number of imidazole rings is 1. The van der Waals surface area contributed by atoms with E-state index in [1.807, 2.05) is 0 Å². The molecule has 0 amide bonds. The zero-order valence-electron chi connectivity index (χ0n) is 9.86. The van der Waals surface area contributed by atoms with Crippen LogP contribution in [-0.2, 0) is 0 Å². The largest absolute Gasteiger partial charge is 0.398 e. The topological polar surface area (TPSA) is 69.6 Å². The Kier molecular flexibility index (Phi) is 2.68. The van der Waals surface area contributed by atoms with Crippen LogP contribution in [0.15, 0.2) is 49.3 Å². The van der Waals surface area contributed by atoms with Crippen molar-refractivity contribution >= 4 is 5.69 Å². The van der Waals surface area contributed by atoms with Crippen molar-refractivity contribution in [1.29, 1.82) is 0 Å². The van der Waals surface area contributed by atoms with E-state index in [4.69, 9.17) is 5.73 Å². The molecule has 0 spiro atoms. The highest BCUT2D eigenvalue weighted by Gasteiger charge is 2.10. The van der Waals surface area contributed by atoms with Crippen molar-refractivity contribution in [2.75, 3.05) is 5.73 Å². The second kappa shape index (κ2) is 4.49. The molecule has 0 aliphatic carbocycles. The normalized spacial score (nSPS) is 10.6. The molecule has 0 saturated carbocycles. The van der Waals surface area contributed by atoms with Gasteiger partial charge in [-0.05, 0) is 18.2 Å². The summed E-state index contributed by atoms with van der Waals surface area (Å²) in [6.45, 7) is 0. The van der Waals surface area contributed by atoms with Gasteiger partial charge in [0.2, 0.25) is 0 Å². The number of hydrogen-bond acceptors (Lipinski definition) is 4. The van der Waals surface area contributed by atoms with Gasteiger partial charge in [0, 0.05) is 23.6 Å². The van der Waals surface area contributed by atoms with Crippen LogP contribution in [0.1, 0.15) is 0 Å². The van der Waals surface area contributed by atoms with E-state index in [0.717, 1.165) is 17.5 Å². The summed E-state index contributed by atoms with van der Waals surface area (Å²) in [6.07, 6.45) is 7.70. The van der Waals surface area contributed by atoms with Crippen LogP contribution in [0.2, 0.25) is 0 Å². The van der Waals surface area contributed by atoms with Crippen LogP contribution < -0.4 is 5.73 Å². The third-order valence-electron chi connectivity index (χ3n) is 2.73. The molecule has 3 heterocycles. The highest BCUT2D eigenvalue weighted by molar-refractivity contribution is 5.73. The fourth-order valence-electron chi connectivity index (χ4n) is 1.81. The molecular weight excluding hydrogens is 245 g/mol. The lowest BCUT2D eigenvalue weighted by molar-refractivity contribution is 0.620. The molecule has 0 aromatic carbocycles. The van der Waals surface area contributed by atoms with Crippen LogP contribution in [0.3, 0.4) is 0 Å². The molecule has 5 nitrogen and oxygen atoms in total. The monoisotopic (exact) mass is 255 g/mol. The Hall–Kier alpha value is -2.76. The minimum absolute atomic E-state index is 0.383. The van der Waals surface area contributed by atoms with E-state index in [1.54, 1.807) is 41.6 Å². The number of aromatic nitrogens is 4. The lowest BCUT2D eigenvalue weighted by atomic mass is 10.2. The molecule has 3 rings (SSSR count). The minimum atomic E-state index is -0.383. The Morgan fingerprint density at radius 2 is 1.95 bits per heavy atom. The summed E-state index contributed by atoms with van der Waals surface area (Å²) in [6, 6.07) is 4.64. The van der Waals surface area contributed by atoms with Crippen LogP contribution in [-0.4, -0.2) is 19.5 Å². The summed E-state index contributed by atoms with van der Waals surface area (Å²) < 4.78 is 14.6. The maximum absolute atomic E-state index is 12.9. The minimum Gasteiger partial charge on any atom is -0.398 e. The Morgan fingerprint density at radius 3 is 2.68 bits per heavy atom. The molecule has 3 aromatic rings. The summed E-state index contributed by atoms with van der Waals surface area (Å²) in [5.74, 6) is 0.184. The predicted octanol–water partition coefficient (Wildman–Crippen LogP) is 2.05. The summed E-state index contributed by atoms with van der Waals surface area (Å²) in [4.78, 5) is 12.2. The van der Waals surface area contributed by atoms with Crippen molar-refractivity contribution < 1.29 is 4.39 Å². The smallest absolute Gasteiger partial charge is 0.141 e. The van der Waals surface area contributed by atoms with Crippen LogP contribution in [0.4, 0.5) is 10.1 Å². The lowest BCUT2D eigenvalue weighted by Gasteiger charge is -2.08. The van der Waals surface area contributed by atoms with Gasteiger partial charge in [0.15, 0.2) is 0 Å². The first-order valence-electron chi connectivity index (χ1n) is 5.60. The van der Waals surface area contributed by atoms with Gasteiger partial charge in [-0.1, -0.05) is 0 Å². The molecule has 3 aromatic heterocycles. The van der Waals surface area contributed by atoms with E-state index < -0.39 is 0 Å². The Bertz CT molecular complexity index is 705. The van der Waals surface area contributed by atoms with Gasteiger partial charge in [-0.25, -0.2) is 14.4 Å². The van der Waals surface area contributed by atoms with Gasteiger partial charge in [0.25, 0.3) is 0 Å². The standard InChI is InChI=1S/C13H10FN5/c14-9-1-2-13(18-5-9)19-8-17-7-12(19)10-6-16-4-3-11(10)15/h1-8H,(H2,15,16). The number of nitrogens with two attached hydrogens (primary N) is 1. The van der Waals surface area contributed by atoms with Crippen molar-refractivity contribution in [3.05, 3.63) is 55.1 Å². The first kappa shape index (κ1) is 11.3. The van der Waals surface area contributed by atoms with Crippen molar-refractivity contribution in [1.82, 2.24) is 19.5 Å². The van der Waals surface area contributed by atoms with Crippen LogP contribution in [0.25, 0.3) is 17.1 Å². The SMILES string of the molecule is Nc1ccncc1-c1cncn1-c1ccc(F)cn1. The van der Waals surface area contributed by atoms with Crippen LogP contribution >= 0.6 is 0 Å². The van der Waals surface area contributed by atoms with Gasteiger partial charge in [0.05, 0.1) is 18.1 Å². The fraction of sp³-hybridized carbons (Fsp3) is 0. The third-order valence-corrected chi connectivity index (χ3v) is 2.73. The quantitative estimate of drug-likeness (QED) is 0.760. The Labute approximate surface area is 108 Å². The molecule has 2 N–H and O–H groups in total. The van der Waals surface area contributed by atoms with Crippen LogP contribution in [0.5, 0.6) is 0 Å². The van der Waals surface area contributed by atoms with Gasteiger partial charge in [-0.2, -0.15) is 0 Å². The molecule has 0 aliphatic heterocycles. The van der Waals surface area contributed by atoms with Crippen molar-refractivity contribution in [2.45, 2.75) is 0 Å².